The van der Waals surface area contributed by atoms with Crippen molar-refractivity contribution in [1.29, 1.82) is 0 Å². The van der Waals surface area contributed by atoms with Crippen molar-refractivity contribution in [2.75, 3.05) is 11.9 Å². The van der Waals surface area contributed by atoms with Gasteiger partial charge in [0.25, 0.3) is 0 Å². The van der Waals surface area contributed by atoms with Crippen molar-refractivity contribution < 1.29 is 9.53 Å². The smallest absolute Gasteiger partial charge is 0.319 e. The molecule has 218 valence electrons. The fourth-order valence-electron chi connectivity index (χ4n) is 10.8. The van der Waals surface area contributed by atoms with E-state index in [-0.39, 0.29) is 17.7 Å². The summed E-state index contributed by atoms with van der Waals surface area (Å²) in [5.74, 6) is 4.43. The van der Waals surface area contributed by atoms with Crippen LogP contribution in [0.25, 0.3) is 0 Å². The molecule has 7 rings (SSSR count). The molecule has 2 aliphatic heterocycles. The molecule has 1 spiro atoms. The molecule has 2 unspecified atom stereocenters. The van der Waals surface area contributed by atoms with Crippen LogP contribution in [0.1, 0.15) is 91.9 Å². The summed E-state index contributed by atoms with van der Waals surface area (Å²) in [5.41, 5.74) is 4.79. The molecule has 1 aromatic carbocycles. The van der Waals surface area contributed by atoms with Gasteiger partial charge in [0.05, 0.1) is 11.7 Å². The average Bonchev–Trinajstić information content (AvgIpc) is 3.39. The highest BCUT2D eigenvalue weighted by Gasteiger charge is 2.59. The molecule has 5 fully saturated rings. The number of hydrogen-bond donors (Lipinski definition) is 3. The topological polar surface area (TPSA) is 62.4 Å². The van der Waals surface area contributed by atoms with Gasteiger partial charge in [-0.05, 0) is 125 Å². The molecule has 11 atom stereocenters. The number of benzene rings is 1. The molecule has 0 aromatic heterocycles. The van der Waals surface area contributed by atoms with Gasteiger partial charge in [-0.2, -0.15) is 0 Å². The standard InChI is InChI=1S/C35H51N3O2/c1-21-16-31-32(36-20-21)23(3)35(40-31)15-13-27-28-11-10-24-17-26(38-33(39)37-25-8-6-5-7-9-25)12-14-34(24,4)30(28)18-29(27)22(2)19-35/h5-9,21,23-24,26-28,30-32,36H,10-20H2,1-4H3,(H2,37,38,39)/t21-,23+,24+,26-,27-,28?,30-,31?,32-,34-,35-/m0/s1. The molecule has 0 radical (unpaired) electrons. The lowest BCUT2D eigenvalue weighted by Gasteiger charge is -2.54. The van der Waals surface area contributed by atoms with Gasteiger partial charge in [0.2, 0.25) is 0 Å². The summed E-state index contributed by atoms with van der Waals surface area (Å²) in [6.45, 7) is 11.1. The summed E-state index contributed by atoms with van der Waals surface area (Å²) >= 11 is 0. The van der Waals surface area contributed by atoms with E-state index >= 15 is 0 Å². The maximum absolute atomic E-state index is 12.7. The Morgan fingerprint density at radius 2 is 1.88 bits per heavy atom. The minimum Gasteiger partial charge on any atom is -0.369 e. The number of amides is 2. The van der Waals surface area contributed by atoms with Crippen LogP contribution < -0.4 is 16.0 Å². The van der Waals surface area contributed by atoms with Crippen molar-refractivity contribution in [2.24, 2.45) is 40.9 Å². The van der Waals surface area contributed by atoms with Crippen molar-refractivity contribution in [3.8, 4) is 0 Å². The number of urea groups is 1. The van der Waals surface area contributed by atoms with Gasteiger partial charge in [-0.3, -0.25) is 0 Å². The Morgan fingerprint density at radius 1 is 1.05 bits per heavy atom. The number of nitrogens with one attached hydrogen (secondary N) is 3. The number of carbonyl (C=O) groups excluding carboxylic acids is 1. The first-order valence-corrected chi connectivity index (χ1v) is 16.5. The van der Waals surface area contributed by atoms with Crippen LogP contribution in [0, 0.1) is 40.9 Å². The average molecular weight is 546 g/mol. The third-order valence-corrected chi connectivity index (χ3v) is 13.0. The maximum Gasteiger partial charge on any atom is 0.319 e. The maximum atomic E-state index is 12.7. The van der Waals surface area contributed by atoms with Gasteiger partial charge in [-0.15, -0.1) is 0 Å². The zero-order chi connectivity index (χ0) is 27.6. The number of para-hydroxylation sites is 1. The Kier molecular flexibility index (Phi) is 6.86. The second kappa shape index (κ2) is 10.2. The van der Waals surface area contributed by atoms with E-state index in [1.165, 1.54) is 44.9 Å². The van der Waals surface area contributed by atoms with Gasteiger partial charge in [0, 0.05) is 23.7 Å². The number of rotatable bonds is 2. The van der Waals surface area contributed by atoms with Gasteiger partial charge >= 0.3 is 6.03 Å². The molecule has 1 aromatic rings. The molecule has 2 amide bonds. The van der Waals surface area contributed by atoms with E-state index in [1.54, 1.807) is 5.57 Å². The Hall–Kier alpha value is -1.85. The monoisotopic (exact) mass is 545 g/mol. The Labute approximate surface area is 241 Å². The van der Waals surface area contributed by atoms with E-state index in [2.05, 4.69) is 43.6 Å². The molecular weight excluding hydrogens is 494 g/mol. The molecule has 6 aliphatic rings. The highest BCUT2D eigenvalue weighted by atomic mass is 16.5. The molecule has 5 heteroatoms. The number of ether oxygens (including phenoxy) is 1. The second-order valence-corrected chi connectivity index (χ2v) is 15.1. The van der Waals surface area contributed by atoms with Crippen LogP contribution in [0.3, 0.4) is 0 Å². The summed E-state index contributed by atoms with van der Waals surface area (Å²) in [6.07, 6.45) is 12.8. The lowest BCUT2D eigenvalue weighted by molar-refractivity contribution is -0.0746. The van der Waals surface area contributed by atoms with Crippen LogP contribution in [-0.2, 0) is 4.74 Å². The van der Waals surface area contributed by atoms with E-state index in [0.29, 0.717) is 35.3 Å². The summed E-state index contributed by atoms with van der Waals surface area (Å²) < 4.78 is 7.08. The summed E-state index contributed by atoms with van der Waals surface area (Å²) in [6, 6.07) is 10.6. The van der Waals surface area contributed by atoms with Crippen LogP contribution in [0.4, 0.5) is 10.5 Å². The predicted molar refractivity (Wildman–Crippen MR) is 161 cm³/mol. The third-order valence-electron chi connectivity index (χ3n) is 13.0. The summed E-state index contributed by atoms with van der Waals surface area (Å²) in [5, 5.41) is 10.2. The first-order chi connectivity index (χ1) is 19.3. The highest BCUT2D eigenvalue weighted by Crippen LogP contribution is 2.65. The Bertz CT molecular complexity index is 1150. The first-order valence-electron chi connectivity index (χ1n) is 16.5. The van der Waals surface area contributed by atoms with E-state index < -0.39 is 0 Å². The lowest BCUT2D eigenvalue weighted by atomic mass is 9.52. The summed E-state index contributed by atoms with van der Waals surface area (Å²) in [4.78, 5) is 12.7. The largest absolute Gasteiger partial charge is 0.369 e. The normalized spacial score (nSPS) is 46.1. The van der Waals surface area contributed by atoms with Crippen LogP contribution in [-0.4, -0.2) is 36.4 Å². The molecule has 3 N–H and O–H groups in total. The molecule has 0 bridgehead atoms. The minimum absolute atomic E-state index is 0.0362. The quantitative estimate of drug-likeness (QED) is 0.342. The van der Waals surface area contributed by atoms with Gasteiger partial charge < -0.3 is 20.7 Å². The van der Waals surface area contributed by atoms with Crippen LogP contribution >= 0.6 is 0 Å². The number of carbonyl (C=O) groups is 1. The lowest BCUT2D eigenvalue weighted by Crippen LogP contribution is -2.51. The van der Waals surface area contributed by atoms with E-state index in [1.807, 2.05) is 35.9 Å². The first kappa shape index (κ1) is 27.0. The van der Waals surface area contributed by atoms with Gasteiger partial charge in [0.1, 0.15) is 0 Å². The van der Waals surface area contributed by atoms with Crippen LogP contribution in [0.2, 0.25) is 0 Å². The van der Waals surface area contributed by atoms with Crippen molar-refractivity contribution in [3.63, 3.8) is 0 Å². The number of anilines is 1. The molecule has 2 saturated heterocycles. The number of fused-ring (bicyclic) bond motifs is 6. The van der Waals surface area contributed by atoms with Gasteiger partial charge in [0.15, 0.2) is 0 Å². The van der Waals surface area contributed by atoms with E-state index in [4.69, 9.17) is 4.74 Å². The highest BCUT2D eigenvalue weighted by molar-refractivity contribution is 5.89. The molecule has 5 nitrogen and oxygen atoms in total. The Balaban J connectivity index is 1.04. The minimum atomic E-state index is -0.0563. The van der Waals surface area contributed by atoms with Crippen LogP contribution in [0.15, 0.2) is 41.5 Å². The zero-order valence-corrected chi connectivity index (χ0v) is 25.2. The Morgan fingerprint density at radius 3 is 2.70 bits per heavy atom. The van der Waals surface area contributed by atoms with Gasteiger partial charge in [-0.25, -0.2) is 4.79 Å². The fraction of sp³-hybridized carbons (Fsp3) is 0.743. The molecule has 4 aliphatic carbocycles. The van der Waals surface area contributed by atoms with Crippen molar-refractivity contribution >= 4 is 11.7 Å². The molecular formula is C35H51N3O2. The molecule has 3 saturated carbocycles. The zero-order valence-electron chi connectivity index (χ0n) is 25.2. The van der Waals surface area contributed by atoms with Crippen LogP contribution in [0.5, 0.6) is 0 Å². The van der Waals surface area contributed by atoms with Crippen molar-refractivity contribution in [1.82, 2.24) is 10.6 Å². The van der Waals surface area contributed by atoms with Crippen molar-refractivity contribution in [3.05, 3.63) is 41.5 Å². The SMILES string of the molecule is CC1=C2C[C@H]3C(CC[C@@H]4C[C@@H](NC(=O)Nc5ccccc5)CC[C@@]43C)[C@@H]2CC[C@@]2(C1)OC1C[C@H](C)CN[C@H]1[C@H]2C. The van der Waals surface area contributed by atoms with E-state index in [0.717, 1.165) is 49.2 Å². The third kappa shape index (κ3) is 4.45. The molecule has 2 heterocycles. The number of piperidine rings is 1. The molecule has 40 heavy (non-hydrogen) atoms. The van der Waals surface area contributed by atoms with Crippen molar-refractivity contribution in [2.45, 2.75) is 116 Å². The number of allylic oxidation sites excluding steroid dienone is 1. The predicted octanol–water partition coefficient (Wildman–Crippen LogP) is 7.30. The second-order valence-electron chi connectivity index (χ2n) is 15.1. The van der Waals surface area contributed by atoms with E-state index in [9.17, 15) is 4.79 Å². The fourth-order valence-corrected chi connectivity index (χ4v) is 10.8. The van der Waals surface area contributed by atoms with Gasteiger partial charge in [-0.1, -0.05) is 50.1 Å². The summed E-state index contributed by atoms with van der Waals surface area (Å²) in [7, 11) is 0. The number of hydrogen-bond acceptors (Lipinski definition) is 3.